The minimum absolute atomic E-state index is 0.0530. The van der Waals surface area contributed by atoms with Crippen molar-refractivity contribution in [3.8, 4) is 0 Å². The van der Waals surface area contributed by atoms with Gasteiger partial charge in [-0.1, -0.05) is 43.8 Å². The molecule has 0 radical (unpaired) electrons. The second kappa shape index (κ2) is 6.52. The van der Waals surface area contributed by atoms with Gasteiger partial charge in [0.05, 0.1) is 17.5 Å². The van der Waals surface area contributed by atoms with Crippen molar-refractivity contribution in [2.24, 2.45) is 4.99 Å². The molecule has 1 aromatic rings. The minimum atomic E-state index is -3.04. The fourth-order valence-corrected chi connectivity index (χ4v) is 7.28. The van der Waals surface area contributed by atoms with Crippen molar-refractivity contribution in [1.29, 1.82) is 0 Å². The van der Waals surface area contributed by atoms with Crippen LogP contribution in [0.3, 0.4) is 0 Å². The molecule has 7 heteroatoms. The first-order valence-corrected chi connectivity index (χ1v) is 10.9. The molecule has 0 N–H and O–H groups in total. The Hall–Kier alpha value is -1.34. The lowest BCUT2D eigenvalue weighted by Crippen LogP contribution is -2.38. The Morgan fingerprint density at radius 2 is 2.08 bits per heavy atom. The molecule has 2 atom stereocenters. The molecular weight excluding hydrogens is 344 g/mol. The molecule has 5 nitrogen and oxygen atoms in total. The fraction of sp³-hybridized carbons (Fsp3) is 0.529. The summed E-state index contributed by atoms with van der Waals surface area (Å²) in [6.45, 7) is 5.89. The third-order valence-electron chi connectivity index (χ3n) is 4.53. The van der Waals surface area contributed by atoms with Crippen LogP contribution in [0.4, 0.5) is 5.69 Å². The number of para-hydroxylation sites is 1. The molecule has 24 heavy (non-hydrogen) atoms. The van der Waals surface area contributed by atoms with E-state index in [0.29, 0.717) is 11.6 Å². The maximum Gasteiger partial charge on any atom is 0.247 e. The molecule has 1 aromatic carbocycles. The van der Waals surface area contributed by atoms with E-state index in [2.05, 4.69) is 18.0 Å². The van der Waals surface area contributed by atoms with Gasteiger partial charge in [-0.2, -0.15) is 4.99 Å². The van der Waals surface area contributed by atoms with Crippen LogP contribution in [0.2, 0.25) is 0 Å². The number of aryl methyl sites for hydroxylation is 2. The molecule has 2 aliphatic heterocycles. The van der Waals surface area contributed by atoms with Crippen molar-refractivity contribution in [3.05, 3.63) is 29.3 Å². The average molecular weight is 367 g/mol. The van der Waals surface area contributed by atoms with Gasteiger partial charge in [0.25, 0.3) is 0 Å². The third-order valence-corrected chi connectivity index (χ3v) is 7.74. The summed E-state index contributed by atoms with van der Waals surface area (Å²) >= 11 is 1.43. The van der Waals surface area contributed by atoms with Crippen LogP contribution in [0.15, 0.2) is 23.2 Å². The molecule has 0 unspecified atom stereocenters. The molecular formula is C17H22N2O3S2. The number of amidine groups is 1. The maximum absolute atomic E-state index is 12.1. The van der Waals surface area contributed by atoms with Gasteiger partial charge in [-0.25, -0.2) is 8.42 Å². The molecule has 3 rings (SSSR count). The van der Waals surface area contributed by atoms with Crippen LogP contribution in [0.5, 0.6) is 0 Å². The number of benzene rings is 1. The SMILES string of the molecule is CCC(=O)N=C1S[C@H]2CS(=O)(=O)C[C@H]2N1c1c(C)cccc1CC. The van der Waals surface area contributed by atoms with Gasteiger partial charge >= 0.3 is 0 Å². The van der Waals surface area contributed by atoms with Crippen molar-refractivity contribution in [2.45, 2.75) is 44.9 Å². The van der Waals surface area contributed by atoms with Gasteiger partial charge in [0, 0.05) is 17.4 Å². The van der Waals surface area contributed by atoms with E-state index in [1.165, 1.54) is 11.8 Å². The van der Waals surface area contributed by atoms with Gasteiger partial charge in [-0.15, -0.1) is 0 Å². The molecule has 0 aliphatic carbocycles. The number of rotatable bonds is 3. The largest absolute Gasteiger partial charge is 0.315 e. The average Bonchev–Trinajstić information content (AvgIpc) is 2.98. The summed E-state index contributed by atoms with van der Waals surface area (Å²) in [4.78, 5) is 18.2. The van der Waals surface area contributed by atoms with Crippen LogP contribution in [-0.2, 0) is 21.1 Å². The summed E-state index contributed by atoms with van der Waals surface area (Å²) in [7, 11) is -3.04. The first-order chi connectivity index (χ1) is 11.4. The van der Waals surface area contributed by atoms with Crippen molar-refractivity contribution >= 4 is 38.4 Å². The summed E-state index contributed by atoms with van der Waals surface area (Å²) in [6.07, 6.45) is 1.19. The smallest absolute Gasteiger partial charge is 0.247 e. The Labute approximate surface area is 147 Å². The van der Waals surface area contributed by atoms with Crippen LogP contribution in [0.25, 0.3) is 0 Å². The predicted molar refractivity (Wildman–Crippen MR) is 99.6 cm³/mol. The Morgan fingerprint density at radius 1 is 1.33 bits per heavy atom. The zero-order chi connectivity index (χ0) is 17.5. The van der Waals surface area contributed by atoms with E-state index >= 15 is 0 Å². The number of hydrogen-bond acceptors (Lipinski definition) is 4. The number of thioether (sulfide) groups is 1. The van der Waals surface area contributed by atoms with Gasteiger partial charge < -0.3 is 4.90 Å². The van der Waals surface area contributed by atoms with Crippen LogP contribution in [-0.4, -0.2) is 42.3 Å². The highest BCUT2D eigenvalue weighted by atomic mass is 32.2. The molecule has 0 saturated carbocycles. The highest BCUT2D eigenvalue weighted by Crippen LogP contribution is 2.43. The highest BCUT2D eigenvalue weighted by molar-refractivity contribution is 8.16. The fourth-order valence-electron chi connectivity index (χ4n) is 3.36. The lowest BCUT2D eigenvalue weighted by molar-refractivity contribution is -0.117. The van der Waals surface area contributed by atoms with E-state index in [1.54, 1.807) is 6.92 Å². The molecule has 2 aliphatic rings. The molecule has 2 heterocycles. The standard InChI is InChI=1S/C17H22N2O3S2/c1-4-12-8-6-7-11(3)16(12)19-13-9-24(21,22)10-14(13)23-17(19)18-15(20)5-2/h6-8,13-14H,4-5,9-10H2,1-3H3/t13-,14+/m1/s1. The van der Waals surface area contributed by atoms with Crippen LogP contribution in [0.1, 0.15) is 31.4 Å². The number of amides is 1. The third kappa shape index (κ3) is 3.11. The summed E-state index contributed by atoms with van der Waals surface area (Å²) in [6, 6.07) is 5.95. The zero-order valence-electron chi connectivity index (χ0n) is 14.2. The first kappa shape index (κ1) is 17.5. The van der Waals surface area contributed by atoms with E-state index < -0.39 is 9.84 Å². The Kier molecular flexibility index (Phi) is 4.75. The lowest BCUT2D eigenvalue weighted by Gasteiger charge is -2.28. The Bertz CT molecular complexity index is 802. The first-order valence-electron chi connectivity index (χ1n) is 8.22. The Balaban J connectivity index is 2.12. The van der Waals surface area contributed by atoms with Crippen LogP contribution < -0.4 is 4.90 Å². The summed E-state index contributed by atoms with van der Waals surface area (Å²) in [5.74, 6) is 0.115. The number of sulfone groups is 1. The van der Waals surface area contributed by atoms with Gasteiger partial charge in [-0.05, 0) is 24.5 Å². The van der Waals surface area contributed by atoms with Crippen LogP contribution in [0, 0.1) is 6.92 Å². The van der Waals surface area contributed by atoms with Gasteiger partial charge in [0.1, 0.15) is 0 Å². The maximum atomic E-state index is 12.1. The number of carbonyl (C=O) groups is 1. The zero-order valence-corrected chi connectivity index (χ0v) is 15.8. The molecule has 1 amide bonds. The van der Waals surface area contributed by atoms with E-state index in [1.807, 2.05) is 24.0 Å². The lowest BCUT2D eigenvalue weighted by atomic mass is 10.0. The van der Waals surface area contributed by atoms with Crippen molar-refractivity contribution in [3.63, 3.8) is 0 Å². The molecule has 2 fully saturated rings. The van der Waals surface area contributed by atoms with Gasteiger partial charge in [0.2, 0.25) is 5.91 Å². The number of carbonyl (C=O) groups excluding carboxylic acids is 1. The topological polar surface area (TPSA) is 66.8 Å². The van der Waals surface area contributed by atoms with Gasteiger partial charge in [0.15, 0.2) is 15.0 Å². The highest BCUT2D eigenvalue weighted by Gasteiger charge is 2.50. The van der Waals surface area contributed by atoms with Crippen molar-refractivity contribution in [2.75, 3.05) is 16.4 Å². The van der Waals surface area contributed by atoms with Crippen molar-refractivity contribution < 1.29 is 13.2 Å². The molecule has 2 saturated heterocycles. The molecule has 0 bridgehead atoms. The monoisotopic (exact) mass is 366 g/mol. The van der Waals surface area contributed by atoms with Crippen molar-refractivity contribution in [1.82, 2.24) is 0 Å². The summed E-state index contributed by atoms with van der Waals surface area (Å²) < 4.78 is 24.2. The molecule has 130 valence electrons. The normalized spacial score (nSPS) is 26.8. The number of anilines is 1. The predicted octanol–water partition coefficient (Wildman–Crippen LogP) is 2.57. The number of hydrogen-bond donors (Lipinski definition) is 0. The number of aliphatic imine (C=N–C) groups is 1. The Morgan fingerprint density at radius 3 is 2.75 bits per heavy atom. The summed E-state index contributed by atoms with van der Waals surface area (Å²) in [5.41, 5.74) is 3.24. The number of nitrogens with zero attached hydrogens (tertiary/aromatic N) is 2. The second-order valence-corrected chi connectivity index (χ2v) is 9.61. The van der Waals surface area contributed by atoms with E-state index in [0.717, 1.165) is 23.2 Å². The van der Waals surface area contributed by atoms with Crippen LogP contribution >= 0.6 is 11.8 Å². The van der Waals surface area contributed by atoms with E-state index in [-0.39, 0.29) is 28.7 Å². The minimum Gasteiger partial charge on any atom is -0.315 e. The quantitative estimate of drug-likeness (QED) is 0.822. The molecule has 0 spiro atoms. The summed E-state index contributed by atoms with van der Waals surface area (Å²) in [5, 5.41) is 0.596. The molecule has 0 aromatic heterocycles. The van der Waals surface area contributed by atoms with E-state index in [9.17, 15) is 13.2 Å². The van der Waals surface area contributed by atoms with Gasteiger partial charge in [-0.3, -0.25) is 4.79 Å². The number of fused-ring (bicyclic) bond motifs is 1. The van der Waals surface area contributed by atoms with E-state index in [4.69, 9.17) is 0 Å². The second-order valence-electron chi connectivity index (χ2n) is 6.25.